The lowest BCUT2D eigenvalue weighted by Gasteiger charge is -2.26. The molecule has 1 unspecified atom stereocenters. The second-order valence-corrected chi connectivity index (χ2v) is 17.2. The summed E-state index contributed by atoms with van der Waals surface area (Å²) in [5.41, 5.74) is 17.4. The molecule has 1 aliphatic carbocycles. The van der Waals surface area contributed by atoms with Crippen LogP contribution in [0.4, 0.5) is 17.1 Å². The van der Waals surface area contributed by atoms with E-state index < -0.39 is 0 Å². The van der Waals surface area contributed by atoms with Crippen molar-refractivity contribution in [2.24, 2.45) is 5.92 Å². The van der Waals surface area contributed by atoms with Crippen LogP contribution in [-0.4, -0.2) is 4.57 Å². The van der Waals surface area contributed by atoms with Crippen LogP contribution in [0.5, 0.6) is 0 Å². The van der Waals surface area contributed by atoms with Crippen molar-refractivity contribution in [3.05, 3.63) is 229 Å². The number of aromatic nitrogens is 1. The SMILES string of the molecule is CC1CC=c2c(oc3ccccc23)=C1c1ccc(N(c2ccc(-c3ccccc3)cc2)c2ccc(-c3cccc4c3oc3c4ccc4c3c3ccccc3n4-c3ccccc3)cc2)cc1. The van der Waals surface area contributed by atoms with Gasteiger partial charge in [-0.25, -0.2) is 0 Å². The van der Waals surface area contributed by atoms with Gasteiger partial charge in [-0.2, -0.15) is 0 Å². The molecule has 13 rings (SSSR count). The van der Waals surface area contributed by atoms with Gasteiger partial charge < -0.3 is 18.3 Å². The molecule has 1 atom stereocenters. The average Bonchev–Trinajstić information content (AvgIpc) is 4.05. The van der Waals surface area contributed by atoms with Crippen LogP contribution in [-0.2, 0) is 0 Å². The van der Waals surface area contributed by atoms with E-state index in [-0.39, 0.29) is 0 Å². The predicted molar refractivity (Wildman–Crippen MR) is 270 cm³/mol. The van der Waals surface area contributed by atoms with E-state index in [0.717, 1.165) is 89.7 Å². The van der Waals surface area contributed by atoms with Crippen molar-refractivity contribution >= 4 is 83.4 Å². The van der Waals surface area contributed by atoms with E-state index in [1.54, 1.807) is 0 Å². The van der Waals surface area contributed by atoms with E-state index in [4.69, 9.17) is 8.83 Å². The monoisotopic (exact) mass is 834 g/mol. The summed E-state index contributed by atoms with van der Waals surface area (Å²) in [7, 11) is 0. The molecule has 0 radical (unpaired) electrons. The molecule has 4 nitrogen and oxygen atoms in total. The first-order chi connectivity index (χ1) is 32.2. The maximum Gasteiger partial charge on any atom is 0.145 e. The van der Waals surface area contributed by atoms with Crippen molar-refractivity contribution in [2.75, 3.05) is 4.90 Å². The molecule has 0 bridgehead atoms. The molecule has 0 saturated carbocycles. The molecule has 4 heteroatoms. The van der Waals surface area contributed by atoms with Gasteiger partial charge in [-0.15, -0.1) is 0 Å². The summed E-state index contributed by atoms with van der Waals surface area (Å²) >= 11 is 0. The fourth-order valence-electron chi connectivity index (χ4n) is 10.4. The van der Waals surface area contributed by atoms with Gasteiger partial charge in [0, 0.05) is 60.6 Å². The van der Waals surface area contributed by atoms with E-state index in [2.05, 4.69) is 229 Å². The highest BCUT2D eigenvalue weighted by Gasteiger charge is 2.23. The largest absolute Gasteiger partial charge is 0.456 e. The summed E-state index contributed by atoms with van der Waals surface area (Å²) in [5, 5.41) is 6.92. The highest BCUT2D eigenvalue weighted by molar-refractivity contribution is 6.24. The van der Waals surface area contributed by atoms with Gasteiger partial charge in [-0.05, 0) is 107 Å². The number of furan rings is 2. The first-order valence-corrected chi connectivity index (χ1v) is 22.5. The molecule has 0 aliphatic heterocycles. The Morgan fingerprint density at radius 1 is 0.446 bits per heavy atom. The van der Waals surface area contributed by atoms with Crippen LogP contribution in [0, 0.1) is 5.92 Å². The van der Waals surface area contributed by atoms with Gasteiger partial charge in [0.05, 0.1) is 16.4 Å². The van der Waals surface area contributed by atoms with E-state index >= 15 is 0 Å². The Hall–Kier alpha value is -8.34. The molecule has 308 valence electrons. The minimum atomic E-state index is 0.333. The van der Waals surface area contributed by atoms with Gasteiger partial charge in [0.1, 0.15) is 22.2 Å². The number of benzene rings is 9. The van der Waals surface area contributed by atoms with Crippen LogP contribution in [0.3, 0.4) is 0 Å². The smallest absolute Gasteiger partial charge is 0.145 e. The molecule has 3 heterocycles. The Bertz CT molecular complexity index is 3900. The van der Waals surface area contributed by atoms with Gasteiger partial charge in [0.25, 0.3) is 0 Å². The molecular formula is C61H42N2O2. The summed E-state index contributed by atoms with van der Waals surface area (Å²) in [5.74, 6) is 0.333. The number of hydrogen-bond donors (Lipinski definition) is 0. The van der Waals surface area contributed by atoms with Crippen LogP contribution in [0.25, 0.3) is 94.3 Å². The summed E-state index contributed by atoms with van der Waals surface area (Å²) < 4.78 is 15.9. The van der Waals surface area contributed by atoms with E-state index in [0.29, 0.717) is 5.92 Å². The van der Waals surface area contributed by atoms with Gasteiger partial charge >= 0.3 is 0 Å². The molecule has 0 spiro atoms. The number of hydrogen-bond acceptors (Lipinski definition) is 3. The minimum absolute atomic E-state index is 0.333. The fraction of sp³-hybridized carbons (Fsp3) is 0.0492. The number of para-hydroxylation sites is 4. The Morgan fingerprint density at radius 3 is 1.77 bits per heavy atom. The van der Waals surface area contributed by atoms with Crippen molar-refractivity contribution in [1.82, 2.24) is 4.57 Å². The zero-order valence-electron chi connectivity index (χ0n) is 35.8. The van der Waals surface area contributed by atoms with Crippen LogP contribution in [0.15, 0.2) is 221 Å². The molecular weight excluding hydrogens is 793 g/mol. The molecule has 0 amide bonds. The van der Waals surface area contributed by atoms with Gasteiger partial charge in [-0.3, -0.25) is 0 Å². The van der Waals surface area contributed by atoms with Crippen molar-refractivity contribution in [1.29, 1.82) is 0 Å². The molecule has 9 aromatic carbocycles. The maximum absolute atomic E-state index is 7.05. The van der Waals surface area contributed by atoms with Crippen molar-refractivity contribution in [3.63, 3.8) is 0 Å². The van der Waals surface area contributed by atoms with E-state index in [1.807, 2.05) is 6.07 Å². The Kier molecular flexibility index (Phi) is 8.53. The van der Waals surface area contributed by atoms with Gasteiger partial charge in [0.15, 0.2) is 0 Å². The summed E-state index contributed by atoms with van der Waals surface area (Å²) in [6, 6.07) is 76.0. The Labute approximate surface area is 375 Å². The topological polar surface area (TPSA) is 34.5 Å². The zero-order valence-corrected chi connectivity index (χ0v) is 35.8. The first-order valence-electron chi connectivity index (χ1n) is 22.5. The molecule has 0 saturated heterocycles. The lowest BCUT2D eigenvalue weighted by atomic mass is 9.87. The highest BCUT2D eigenvalue weighted by Crippen LogP contribution is 2.44. The number of anilines is 3. The van der Waals surface area contributed by atoms with Crippen LogP contribution in [0.1, 0.15) is 18.9 Å². The molecule has 12 aromatic rings. The third-order valence-electron chi connectivity index (χ3n) is 13.5. The standard InChI is InChI=1S/C61H42N2O2/c1-39-23-36-51-49-17-9-11-22-56(49)64-60(51)57(39)43-28-34-47(35-29-43)62(45-30-24-41(25-31-45)40-13-4-2-5-14-40)46-32-26-42(27-33-46)48-19-12-20-50-52-37-38-55-58(61(52)65-59(48)50)53-18-8-10-21-54(53)63(55)44-15-6-3-7-16-44/h2-22,24-39H,23H2,1H3. The second kappa shape index (κ2) is 14.9. The van der Waals surface area contributed by atoms with E-state index in [1.165, 1.54) is 38.3 Å². The summed E-state index contributed by atoms with van der Waals surface area (Å²) in [6.45, 7) is 2.30. The second-order valence-electron chi connectivity index (χ2n) is 17.2. The Morgan fingerprint density at radius 2 is 1.03 bits per heavy atom. The summed E-state index contributed by atoms with van der Waals surface area (Å²) in [6.07, 6.45) is 3.32. The number of fused-ring (bicyclic) bond motifs is 10. The van der Waals surface area contributed by atoms with Crippen molar-refractivity contribution < 1.29 is 8.83 Å². The zero-order chi connectivity index (χ0) is 43.0. The third-order valence-corrected chi connectivity index (χ3v) is 13.5. The number of rotatable bonds is 7. The molecule has 1 aliphatic rings. The fourth-order valence-corrected chi connectivity index (χ4v) is 10.4. The van der Waals surface area contributed by atoms with Crippen LogP contribution < -0.4 is 15.5 Å². The molecule has 65 heavy (non-hydrogen) atoms. The number of nitrogens with zero attached hydrogens (tertiary/aromatic N) is 2. The van der Waals surface area contributed by atoms with Crippen LogP contribution in [0.2, 0.25) is 0 Å². The first kappa shape index (κ1) is 37.2. The summed E-state index contributed by atoms with van der Waals surface area (Å²) in [4.78, 5) is 2.35. The Balaban J connectivity index is 0.920. The average molecular weight is 835 g/mol. The van der Waals surface area contributed by atoms with Gasteiger partial charge in [-0.1, -0.05) is 153 Å². The van der Waals surface area contributed by atoms with Gasteiger partial charge in [0.2, 0.25) is 0 Å². The third kappa shape index (κ3) is 5.98. The highest BCUT2D eigenvalue weighted by atomic mass is 16.3. The molecule has 3 aromatic heterocycles. The normalized spacial score (nSPS) is 13.8. The van der Waals surface area contributed by atoms with E-state index in [9.17, 15) is 0 Å². The lowest BCUT2D eigenvalue weighted by Crippen LogP contribution is -2.29. The maximum atomic E-state index is 7.05. The predicted octanol–water partition coefficient (Wildman–Crippen LogP) is 15.3. The minimum Gasteiger partial charge on any atom is -0.456 e. The van der Waals surface area contributed by atoms with Crippen molar-refractivity contribution in [2.45, 2.75) is 13.3 Å². The van der Waals surface area contributed by atoms with Crippen molar-refractivity contribution in [3.8, 4) is 27.9 Å². The quantitative estimate of drug-likeness (QED) is 0.160. The lowest BCUT2D eigenvalue weighted by molar-refractivity contribution is 0.559. The molecule has 0 N–H and O–H groups in total. The van der Waals surface area contributed by atoms with Crippen LogP contribution >= 0.6 is 0 Å². The molecule has 0 fully saturated rings.